The third kappa shape index (κ3) is 3.63. The SMILES string of the molecule is CC(C)(C)c1ccc(OCCC[NH+]2C(=O)C(=NO)c3ccccc32)cc1. The van der Waals surface area contributed by atoms with Gasteiger partial charge in [-0.3, -0.25) is 0 Å². The van der Waals surface area contributed by atoms with Crippen LogP contribution in [0.5, 0.6) is 5.75 Å². The number of carbonyl (C=O) groups is 1. The number of quaternary nitrogens is 1. The molecular weight excluding hydrogens is 328 g/mol. The summed E-state index contributed by atoms with van der Waals surface area (Å²) in [5, 5.41) is 12.3. The molecule has 1 aliphatic rings. The van der Waals surface area contributed by atoms with Crippen molar-refractivity contribution in [3.05, 3.63) is 59.7 Å². The minimum absolute atomic E-state index is 0.122. The van der Waals surface area contributed by atoms with E-state index in [0.29, 0.717) is 23.6 Å². The van der Waals surface area contributed by atoms with Crippen LogP contribution in [0.3, 0.4) is 0 Å². The van der Waals surface area contributed by atoms with Gasteiger partial charge in [-0.2, -0.15) is 0 Å². The molecule has 5 heteroatoms. The van der Waals surface area contributed by atoms with E-state index in [-0.39, 0.29) is 17.0 Å². The molecule has 2 aromatic rings. The fraction of sp³-hybridized carbons (Fsp3) is 0.333. The molecule has 0 fully saturated rings. The first kappa shape index (κ1) is 18.1. The molecule has 1 heterocycles. The van der Waals surface area contributed by atoms with E-state index in [0.717, 1.165) is 17.9 Å². The summed E-state index contributed by atoms with van der Waals surface area (Å²) >= 11 is 0. The number of ether oxygens (including phenoxy) is 1. The smallest absolute Gasteiger partial charge is 0.372 e. The van der Waals surface area contributed by atoms with Crippen LogP contribution in [-0.2, 0) is 10.2 Å². The number of carbonyl (C=O) groups excluding carboxylic acids is 1. The van der Waals surface area contributed by atoms with Crippen molar-refractivity contribution in [3.8, 4) is 5.75 Å². The highest BCUT2D eigenvalue weighted by atomic mass is 16.5. The summed E-state index contributed by atoms with van der Waals surface area (Å²) in [6.45, 7) is 7.66. The van der Waals surface area contributed by atoms with Crippen molar-refractivity contribution in [3.63, 3.8) is 0 Å². The van der Waals surface area contributed by atoms with Crippen LogP contribution in [0.25, 0.3) is 0 Å². The summed E-state index contributed by atoms with van der Waals surface area (Å²) in [7, 11) is 0. The molecule has 1 amide bonds. The molecule has 0 radical (unpaired) electrons. The number of nitrogens with one attached hydrogen (secondary N) is 1. The van der Waals surface area contributed by atoms with Gasteiger partial charge in [0.15, 0.2) is 0 Å². The lowest BCUT2D eigenvalue weighted by Crippen LogP contribution is -3.09. The standard InChI is InChI=1S/C21H24N2O3/c1-21(2,3)15-9-11-16(12-10-15)26-14-6-13-23-18-8-5-4-7-17(18)19(22-25)20(23)24/h4-5,7-12,25H,6,13-14H2,1-3H3/p+1. The van der Waals surface area contributed by atoms with Crippen LogP contribution < -0.4 is 9.64 Å². The highest BCUT2D eigenvalue weighted by Gasteiger charge is 2.39. The number of benzene rings is 2. The summed E-state index contributed by atoms with van der Waals surface area (Å²) in [5.74, 6) is 0.641. The first-order valence-corrected chi connectivity index (χ1v) is 8.87. The number of fused-ring (bicyclic) bond motifs is 1. The van der Waals surface area contributed by atoms with E-state index < -0.39 is 0 Å². The average Bonchev–Trinajstić information content (AvgIpc) is 2.89. The van der Waals surface area contributed by atoms with Crippen molar-refractivity contribution in [2.75, 3.05) is 13.2 Å². The van der Waals surface area contributed by atoms with Gasteiger partial charge in [0.05, 0.1) is 18.7 Å². The Kier molecular flexibility index (Phi) is 5.09. The Morgan fingerprint density at radius 2 is 1.77 bits per heavy atom. The van der Waals surface area contributed by atoms with Crippen LogP contribution in [0.4, 0.5) is 5.69 Å². The van der Waals surface area contributed by atoms with Crippen LogP contribution in [0.15, 0.2) is 53.7 Å². The summed E-state index contributed by atoms with van der Waals surface area (Å²) < 4.78 is 5.81. The molecule has 0 aromatic heterocycles. The maximum atomic E-state index is 12.4. The normalized spacial score (nSPS) is 18.2. The summed E-state index contributed by atoms with van der Waals surface area (Å²) in [6, 6.07) is 15.6. The molecule has 0 spiro atoms. The average molecular weight is 353 g/mol. The molecule has 0 bridgehead atoms. The largest absolute Gasteiger partial charge is 0.493 e. The highest BCUT2D eigenvalue weighted by molar-refractivity contribution is 6.45. The molecule has 0 saturated carbocycles. The van der Waals surface area contributed by atoms with E-state index >= 15 is 0 Å². The van der Waals surface area contributed by atoms with Gasteiger partial charge in [-0.25, -0.2) is 9.69 Å². The number of hydrogen-bond acceptors (Lipinski definition) is 4. The van der Waals surface area contributed by atoms with Crippen molar-refractivity contribution < 1.29 is 19.6 Å². The first-order valence-electron chi connectivity index (χ1n) is 8.87. The zero-order chi connectivity index (χ0) is 18.7. The van der Waals surface area contributed by atoms with Crippen LogP contribution in [0.2, 0.25) is 0 Å². The monoisotopic (exact) mass is 353 g/mol. The van der Waals surface area contributed by atoms with Crippen LogP contribution >= 0.6 is 0 Å². The van der Waals surface area contributed by atoms with E-state index in [4.69, 9.17) is 9.94 Å². The third-order valence-electron chi connectivity index (χ3n) is 4.66. The number of para-hydroxylation sites is 1. The lowest BCUT2D eigenvalue weighted by atomic mass is 9.87. The quantitative estimate of drug-likeness (QED) is 0.493. The van der Waals surface area contributed by atoms with Gasteiger partial charge in [0.25, 0.3) is 0 Å². The van der Waals surface area contributed by atoms with E-state index in [2.05, 4.69) is 38.1 Å². The minimum Gasteiger partial charge on any atom is -0.493 e. The first-order chi connectivity index (χ1) is 12.4. The molecule has 26 heavy (non-hydrogen) atoms. The second-order valence-corrected chi connectivity index (χ2v) is 7.53. The van der Waals surface area contributed by atoms with E-state index in [9.17, 15) is 4.79 Å². The van der Waals surface area contributed by atoms with Crippen LogP contribution in [-0.4, -0.2) is 30.0 Å². The van der Waals surface area contributed by atoms with Crippen molar-refractivity contribution in [2.24, 2.45) is 5.16 Å². The summed E-state index contributed by atoms with van der Waals surface area (Å²) in [6.07, 6.45) is 0.717. The molecule has 2 N–H and O–H groups in total. The van der Waals surface area contributed by atoms with Gasteiger partial charge in [-0.1, -0.05) is 50.2 Å². The zero-order valence-electron chi connectivity index (χ0n) is 15.5. The fourth-order valence-electron chi connectivity index (χ4n) is 3.18. The number of amides is 1. The van der Waals surface area contributed by atoms with E-state index in [1.807, 2.05) is 36.4 Å². The lowest BCUT2D eigenvalue weighted by Gasteiger charge is -2.19. The molecule has 1 atom stereocenters. The lowest BCUT2D eigenvalue weighted by molar-refractivity contribution is -0.742. The molecule has 0 saturated heterocycles. The van der Waals surface area contributed by atoms with Gasteiger partial charge < -0.3 is 9.94 Å². The van der Waals surface area contributed by atoms with Gasteiger partial charge in [0.1, 0.15) is 11.4 Å². The van der Waals surface area contributed by atoms with Crippen molar-refractivity contribution in [2.45, 2.75) is 32.6 Å². The number of hydrogen-bond donors (Lipinski definition) is 2. The molecule has 3 rings (SSSR count). The molecule has 2 aromatic carbocycles. The molecule has 1 aliphatic heterocycles. The topological polar surface area (TPSA) is 63.3 Å². The maximum absolute atomic E-state index is 12.4. The van der Waals surface area contributed by atoms with Gasteiger partial charge in [-0.15, -0.1) is 0 Å². The highest BCUT2D eigenvalue weighted by Crippen LogP contribution is 2.24. The van der Waals surface area contributed by atoms with Crippen LogP contribution in [0.1, 0.15) is 38.3 Å². The number of rotatable bonds is 5. The Morgan fingerprint density at radius 3 is 2.42 bits per heavy atom. The predicted molar refractivity (Wildman–Crippen MR) is 101 cm³/mol. The molecule has 136 valence electrons. The predicted octanol–water partition coefficient (Wildman–Crippen LogP) is 2.69. The molecule has 5 nitrogen and oxygen atoms in total. The van der Waals surface area contributed by atoms with Gasteiger partial charge in [0.2, 0.25) is 5.71 Å². The maximum Gasteiger partial charge on any atom is 0.372 e. The van der Waals surface area contributed by atoms with Gasteiger partial charge in [-0.05, 0) is 29.2 Å². The number of nitrogens with zero attached hydrogens (tertiary/aromatic N) is 1. The zero-order valence-corrected chi connectivity index (χ0v) is 15.5. The van der Waals surface area contributed by atoms with Crippen molar-refractivity contribution in [1.82, 2.24) is 0 Å². The van der Waals surface area contributed by atoms with E-state index in [1.165, 1.54) is 5.56 Å². The third-order valence-corrected chi connectivity index (χ3v) is 4.66. The summed E-state index contributed by atoms with van der Waals surface area (Å²) in [5.41, 5.74) is 3.09. The second-order valence-electron chi connectivity index (χ2n) is 7.53. The van der Waals surface area contributed by atoms with Crippen LogP contribution in [0, 0.1) is 0 Å². The Bertz CT molecular complexity index is 820. The van der Waals surface area contributed by atoms with Gasteiger partial charge in [0, 0.05) is 12.5 Å². The fourth-order valence-corrected chi connectivity index (χ4v) is 3.18. The Labute approximate surface area is 153 Å². The van der Waals surface area contributed by atoms with Crippen molar-refractivity contribution in [1.29, 1.82) is 0 Å². The number of oxime groups is 1. The summed E-state index contributed by atoms with van der Waals surface area (Å²) in [4.78, 5) is 13.1. The Morgan fingerprint density at radius 1 is 1.08 bits per heavy atom. The second kappa shape index (κ2) is 7.30. The Hall–Kier alpha value is -2.66. The Balaban J connectivity index is 1.57. The van der Waals surface area contributed by atoms with Crippen molar-refractivity contribution >= 4 is 17.3 Å². The molecular formula is C21H25N2O3+. The minimum atomic E-state index is -0.191. The molecule has 1 unspecified atom stereocenters. The molecule has 0 aliphatic carbocycles. The van der Waals surface area contributed by atoms with Gasteiger partial charge >= 0.3 is 5.91 Å². The van der Waals surface area contributed by atoms with E-state index in [1.54, 1.807) is 0 Å².